The molecule has 0 saturated carbocycles. The Morgan fingerprint density at radius 2 is 1.94 bits per heavy atom. The van der Waals surface area contributed by atoms with Gasteiger partial charge in [-0.25, -0.2) is 0 Å². The number of hydrogen-bond donors (Lipinski definition) is 2. The summed E-state index contributed by atoms with van der Waals surface area (Å²) >= 11 is 1.58. The van der Waals surface area contributed by atoms with Gasteiger partial charge < -0.3 is 10.1 Å². The highest BCUT2D eigenvalue weighted by molar-refractivity contribution is 7.09. The number of nitrogens with zero attached hydrogens (tertiary/aromatic N) is 2. The second-order valence-electron chi connectivity index (χ2n) is 7.46. The Hall–Kier alpha value is -3.45. The van der Waals surface area contributed by atoms with Crippen LogP contribution in [-0.2, 0) is 13.0 Å². The molecule has 2 N–H and O–H groups in total. The Morgan fingerprint density at radius 1 is 1.03 bits per heavy atom. The lowest BCUT2D eigenvalue weighted by Crippen LogP contribution is -2.17. The molecule has 3 heterocycles. The van der Waals surface area contributed by atoms with E-state index in [9.17, 15) is 4.79 Å². The number of anilines is 2. The normalized spacial score (nSPS) is 13.2. The van der Waals surface area contributed by atoms with E-state index in [0.717, 1.165) is 41.2 Å². The second kappa shape index (κ2) is 8.73. The van der Waals surface area contributed by atoms with Gasteiger partial charge in [0.25, 0.3) is 5.91 Å². The van der Waals surface area contributed by atoms with Crippen LogP contribution < -0.4 is 15.4 Å². The van der Waals surface area contributed by atoms with Gasteiger partial charge in [0, 0.05) is 17.5 Å². The van der Waals surface area contributed by atoms with Crippen molar-refractivity contribution in [2.45, 2.75) is 25.8 Å². The summed E-state index contributed by atoms with van der Waals surface area (Å²) in [6.07, 6.45) is 2.83. The zero-order valence-corrected chi connectivity index (χ0v) is 17.7. The molecule has 2 aromatic carbocycles. The van der Waals surface area contributed by atoms with Crippen LogP contribution in [0.25, 0.3) is 10.8 Å². The predicted octanol–water partition coefficient (Wildman–Crippen LogP) is 5.27. The van der Waals surface area contributed by atoms with E-state index in [1.807, 2.05) is 47.2 Å². The summed E-state index contributed by atoms with van der Waals surface area (Å²) < 4.78 is 5.89. The maximum absolute atomic E-state index is 13.0. The number of hydrogen-bond acceptors (Lipinski definition) is 6. The van der Waals surface area contributed by atoms with Crippen molar-refractivity contribution in [3.63, 3.8) is 0 Å². The number of carbonyl (C=O) groups excluding carboxylic acids is 1. The molecular weight excluding hydrogens is 408 g/mol. The predicted molar refractivity (Wildman–Crippen MR) is 124 cm³/mol. The standard InChI is InChI=1S/C24H22N4O2S/c29-22(18-11-6-9-17-14-31-15-20(17)18)27-24-26-21(25-13-16-7-2-1-3-8-16)19-10-4-5-12-30-23(19)28-24/h1-3,6-9,11,14-15H,4-5,10,12-13H2,(H2,25,26,27,28,29). The van der Waals surface area contributed by atoms with Gasteiger partial charge in [0.2, 0.25) is 11.8 Å². The highest BCUT2D eigenvalue weighted by Gasteiger charge is 2.20. The number of aromatic nitrogens is 2. The largest absolute Gasteiger partial charge is 0.477 e. The van der Waals surface area contributed by atoms with Crippen LogP contribution in [0.5, 0.6) is 5.88 Å². The van der Waals surface area contributed by atoms with Crippen molar-refractivity contribution in [3.8, 4) is 5.88 Å². The lowest BCUT2D eigenvalue weighted by Gasteiger charge is -2.15. The van der Waals surface area contributed by atoms with Crippen molar-refractivity contribution < 1.29 is 9.53 Å². The van der Waals surface area contributed by atoms with E-state index in [4.69, 9.17) is 4.74 Å². The summed E-state index contributed by atoms with van der Waals surface area (Å²) in [6, 6.07) is 15.9. The Bertz CT molecular complexity index is 1220. The minimum atomic E-state index is -0.230. The molecule has 1 aliphatic rings. The molecule has 0 unspecified atom stereocenters. The molecule has 1 aliphatic heterocycles. The molecule has 7 heteroatoms. The number of benzene rings is 2. The number of ether oxygens (including phenoxy) is 1. The highest BCUT2D eigenvalue weighted by Crippen LogP contribution is 2.30. The van der Waals surface area contributed by atoms with Crippen LogP contribution in [0.4, 0.5) is 11.8 Å². The summed E-state index contributed by atoms with van der Waals surface area (Å²) in [7, 11) is 0. The minimum absolute atomic E-state index is 0.230. The Balaban J connectivity index is 1.44. The molecule has 5 rings (SSSR count). The fraction of sp³-hybridized carbons (Fsp3) is 0.208. The average Bonchev–Trinajstić information content (AvgIpc) is 3.16. The molecule has 156 valence electrons. The smallest absolute Gasteiger partial charge is 0.258 e. The molecule has 31 heavy (non-hydrogen) atoms. The van der Waals surface area contributed by atoms with Crippen molar-refractivity contribution in [1.82, 2.24) is 9.97 Å². The van der Waals surface area contributed by atoms with E-state index in [1.54, 1.807) is 11.3 Å². The highest BCUT2D eigenvalue weighted by atomic mass is 32.1. The number of carbonyl (C=O) groups is 1. The third kappa shape index (κ3) is 4.22. The van der Waals surface area contributed by atoms with Gasteiger partial charge in [-0.05, 0) is 47.0 Å². The van der Waals surface area contributed by atoms with E-state index >= 15 is 0 Å². The number of nitrogens with one attached hydrogen (secondary N) is 2. The number of amides is 1. The first kappa shape index (κ1) is 19.5. The molecule has 0 fully saturated rings. The molecule has 0 radical (unpaired) electrons. The van der Waals surface area contributed by atoms with E-state index in [1.165, 1.54) is 0 Å². The molecule has 6 nitrogen and oxygen atoms in total. The van der Waals surface area contributed by atoms with Crippen LogP contribution in [0.15, 0.2) is 59.3 Å². The summed E-state index contributed by atoms with van der Waals surface area (Å²) in [5.74, 6) is 1.27. The van der Waals surface area contributed by atoms with Crippen LogP contribution in [0.3, 0.4) is 0 Å². The van der Waals surface area contributed by atoms with Crippen LogP contribution >= 0.6 is 11.3 Å². The lowest BCUT2D eigenvalue weighted by molar-refractivity contribution is 0.102. The van der Waals surface area contributed by atoms with E-state index < -0.39 is 0 Å². The third-order valence-corrected chi connectivity index (χ3v) is 6.08. The van der Waals surface area contributed by atoms with Gasteiger partial charge in [-0.3, -0.25) is 10.1 Å². The molecule has 4 aromatic rings. The number of fused-ring (bicyclic) bond motifs is 2. The van der Waals surface area contributed by atoms with Crippen LogP contribution in [-0.4, -0.2) is 22.5 Å². The van der Waals surface area contributed by atoms with Crippen molar-refractivity contribution in [1.29, 1.82) is 0 Å². The molecule has 1 amide bonds. The van der Waals surface area contributed by atoms with Crippen molar-refractivity contribution in [2.75, 3.05) is 17.2 Å². The van der Waals surface area contributed by atoms with Gasteiger partial charge in [-0.15, -0.1) is 0 Å². The first-order valence-electron chi connectivity index (χ1n) is 10.4. The number of thiophene rings is 1. The number of rotatable bonds is 5. The molecule has 0 spiro atoms. The topological polar surface area (TPSA) is 76.1 Å². The molecular formula is C24H22N4O2S. The molecule has 0 aliphatic carbocycles. The van der Waals surface area contributed by atoms with Crippen molar-refractivity contribution >= 4 is 39.8 Å². The zero-order chi connectivity index (χ0) is 21.0. The van der Waals surface area contributed by atoms with Crippen LogP contribution in [0.1, 0.15) is 34.3 Å². The van der Waals surface area contributed by atoms with Gasteiger partial charge in [0.15, 0.2) is 0 Å². The van der Waals surface area contributed by atoms with Crippen molar-refractivity contribution in [3.05, 3.63) is 76.0 Å². The average molecular weight is 431 g/mol. The van der Waals surface area contributed by atoms with Gasteiger partial charge >= 0.3 is 0 Å². The monoisotopic (exact) mass is 430 g/mol. The quantitative estimate of drug-likeness (QED) is 0.451. The first-order chi connectivity index (χ1) is 15.3. The maximum Gasteiger partial charge on any atom is 0.258 e. The minimum Gasteiger partial charge on any atom is -0.477 e. The molecule has 0 atom stereocenters. The van der Waals surface area contributed by atoms with Crippen molar-refractivity contribution in [2.24, 2.45) is 0 Å². The van der Waals surface area contributed by atoms with E-state index in [0.29, 0.717) is 30.4 Å². The molecule has 0 bridgehead atoms. The van der Waals surface area contributed by atoms with Gasteiger partial charge in [-0.2, -0.15) is 21.3 Å². The Labute approximate surface area is 184 Å². The first-order valence-corrected chi connectivity index (χ1v) is 11.3. The van der Waals surface area contributed by atoms with Gasteiger partial charge in [-0.1, -0.05) is 42.5 Å². The summed E-state index contributed by atoms with van der Waals surface area (Å²) in [5, 5.41) is 12.3. The van der Waals surface area contributed by atoms with Gasteiger partial charge in [0.05, 0.1) is 12.2 Å². The SMILES string of the molecule is O=C(Nc1nc(NCc2ccccc2)c2c(n1)OCCCC2)c1cccc2cscc12. The Kier molecular flexibility index (Phi) is 5.50. The van der Waals surface area contributed by atoms with Gasteiger partial charge in [0.1, 0.15) is 5.82 Å². The molecule has 2 aromatic heterocycles. The van der Waals surface area contributed by atoms with Crippen LogP contribution in [0.2, 0.25) is 0 Å². The molecule has 0 saturated heterocycles. The van der Waals surface area contributed by atoms with E-state index in [2.05, 4.69) is 32.7 Å². The zero-order valence-electron chi connectivity index (χ0n) is 16.9. The van der Waals surface area contributed by atoms with Crippen LogP contribution in [0, 0.1) is 0 Å². The second-order valence-corrected chi connectivity index (χ2v) is 8.20. The Morgan fingerprint density at radius 3 is 2.84 bits per heavy atom. The fourth-order valence-electron chi connectivity index (χ4n) is 3.72. The van der Waals surface area contributed by atoms with E-state index in [-0.39, 0.29) is 11.9 Å². The lowest BCUT2D eigenvalue weighted by atomic mass is 10.1. The summed E-state index contributed by atoms with van der Waals surface area (Å²) in [4.78, 5) is 22.2. The maximum atomic E-state index is 13.0. The summed E-state index contributed by atoms with van der Waals surface area (Å²) in [6.45, 7) is 1.25. The fourth-order valence-corrected chi connectivity index (χ4v) is 4.54. The summed E-state index contributed by atoms with van der Waals surface area (Å²) in [5.41, 5.74) is 2.72. The third-order valence-electron chi connectivity index (χ3n) is 5.32.